The molecule has 2 N–H and O–H groups in total. The zero-order chi connectivity index (χ0) is 11.5. The molecule has 1 atom stereocenters. The third-order valence-corrected chi connectivity index (χ3v) is 3.19. The van der Waals surface area contributed by atoms with E-state index in [4.69, 9.17) is 22.1 Å². The fourth-order valence-corrected chi connectivity index (χ4v) is 2.12. The Morgan fingerprint density at radius 3 is 3.12 bits per heavy atom. The number of morpholine rings is 1. The van der Waals surface area contributed by atoms with Gasteiger partial charge in [0.25, 0.3) is 0 Å². The molecule has 1 saturated heterocycles. The molecule has 0 saturated carbocycles. The third kappa shape index (κ3) is 2.55. The highest BCUT2D eigenvalue weighted by molar-refractivity contribution is 6.31. The highest BCUT2D eigenvalue weighted by Gasteiger charge is 2.20. The summed E-state index contributed by atoms with van der Waals surface area (Å²) in [5.41, 5.74) is 6.64. The highest BCUT2D eigenvalue weighted by atomic mass is 35.5. The normalized spacial score (nSPS) is 22.6. The number of halogens is 1. The molecule has 0 spiro atoms. The lowest BCUT2D eigenvalue weighted by atomic mass is 10.2. The molecule has 0 bridgehead atoms. The molecule has 1 unspecified atom stereocenters. The Balaban J connectivity index is 1.99. The molecule has 1 aliphatic heterocycles. The van der Waals surface area contributed by atoms with Crippen LogP contribution in [0.15, 0.2) is 6.20 Å². The first-order valence-corrected chi connectivity index (χ1v) is 5.79. The largest absolute Gasteiger partial charge is 0.374 e. The summed E-state index contributed by atoms with van der Waals surface area (Å²) in [7, 11) is 1.90. The van der Waals surface area contributed by atoms with Gasteiger partial charge in [-0.25, -0.2) is 0 Å². The molecule has 16 heavy (non-hydrogen) atoms. The predicted octanol–water partition coefficient (Wildman–Crippen LogP) is 0.233. The molecule has 1 aromatic heterocycles. The third-order valence-electron chi connectivity index (χ3n) is 2.87. The van der Waals surface area contributed by atoms with Crippen molar-refractivity contribution < 1.29 is 4.74 Å². The molecule has 0 amide bonds. The van der Waals surface area contributed by atoms with Crippen LogP contribution in [0, 0.1) is 0 Å². The minimum atomic E-state index is 0.140. The van der Waals surface area contributed by atoms with Gasteiger partial charge in [0.15, 0.2) is 0 Å². The van der Waals surface area contributed by atoms with Crippen LogP contribution in [0.3, 0.4) is 0 Å². The minimum Gasteiger partial charge on any atom is -0.374 e. The van der Waals surface area contributed by atoms with Crippen LogP contribution in [0.1, 0.15) is 5.69 Å². The van der Waals surface area contributed by atoms with Gasteiger partial charge in [-0.05, 0) is 0 Å². The molecule has 5 nitrogen and oxygen atoms in total. The van der Waals surface area contributed by atoms with Crippen LogP contribution in [0.4, 0.5) is 0 Å². The van der Waals surface area contributed by atoms with Crippen LogP contribution >= 0.6 is 11.6 Å². The van der Waals surface area contributed by atoms with E-state index in [1.807, 2.05) is 11.7 Å². The van der Waals surface area contributed by atoms with Gasteiger partial charge in [-0.15, -0.1) is 0 Å². The van der Waals surface area contributed by atoms with E-state index in [9.17, 15) is 0 Å². The Hall–Kier alpha value is -0.620. The van der Waals surface area contributed by atoms with E-state index in [1.54, 1.807) is 6.20 Å². The van der Waals surface area contributed by atoms with Crippen molar-refractivity contribution in [1.82, 2.24) is 14.7 Å². The molecule has 2 heterocycles. The average Bonchev–Trinajstić information content (AvgIpc) is 2.61. The van der Waals surface area contributed by atoms with Crippen molar-refractivity contribution in [3.63, 3.8) is 0 Å². The van der Waals surface area contributed by atoms with E-state index in [1.165, 1.54) is 0 Å². The van der Waals surface area contributed by atoms with Gasteiger partial charge in [0.05, 0.1) is 29.6 Å². The molecule has 6 heteroatoms. The number of aromatic nitrogens is 2. The highest BCUT2D eigenvalue weighted by Crippen LogP contribution is 2.17. The van der Waals surface area contributed by atoms with Crippen LogP contribution in [0.5, 0.6) is 0 Å². The topological polar surface area (TPSA) is 56.3 Å². The van der Waals surface area contributed by atoms with Crippen LogP contribution in [0.2, 0.25) is 5.02 Å². The van der Waals surface area contributed by atoms with Gasteiger partial charge in [0.1, 0.15) is 0 Å². The fourth-order valence-electron chi connectivity index (χ4n) is 1.89. The summed E-state index contributed by atoms with van der Waals surface area (Å²) in [6, 6.07) is 0. The van der Waals surface area contributed by atoms with E-state index < -0.39 is 0 Å². The molecule has 0 aromatic carbocycles. The van der Waals surface area contributed by atoms with Crippen molar-refractivity contribution in [1.29, 1.82) is 0 Å². The minimum absolute atomic E-state index is 0.140. The predicted molar refractivity (Wildman–Crippen MR) is 62.3 cm³/mol. The van der Waals surface area contributed by atoms with Gasteiger partial charge >= 0.3 is 0 Å². The Morgan fingerprint density at radius 2 is 2.50 bits per heavy atom. The zero-order valence-corrected chi connectivity index (χ0v) is 10.2. The van der Waals surface area contributed by atoms with Crippen LogP contribution in [-0.2, 0) is 18.3 Å². The quantitative estimate of drug-likeness (QED) is 0.827. The maximum Gasteiger partial charge on any atom is 0.0831 e. The summed E-state index contributed by atoms with van der Waals surface area (Å²) < 4.78 is 7.33. The summed E-state index contributed by atoms with van der Waals surface area (Å²) in [6.45, 7) is 3.87. The van der Waals surface area contributed by atoms with E-state index in [2.05, 4.69) is 10.00 Å². The van der Waals surface area contributed by atoms with Crippen molar-refractivity contribution in [3.8, 4) is 0 Å². The Bertz CT molecular complexity index is 335. The molecule has 90 valence electrons. The Kier molecular flexibility index (Phi) is 3.81. The lowest BCUT2D eigenvalue weighted by Gasteiger charge is -2.32. The van der Waals surface area contributed by atoms with Crippen molar-refractivity contribution in [2.24, 2.45) is 12.8 Å². The van der Waals surface area contributed by atoms with Crippen molar-refractivity contribution in [2.45, 2.75) is 12.6 Å². The molecule has 0 aliphatic carbocycles. The van der Waals surface area contributed by atoms with Gasteiger partial charge in [-0.3, -0.25) is 9.58 Å². The van der Waals surface area contributed by atoms with Crippen molar-refractivity contribution in [3.05, 3.63) is 16.9 Å². The van der Waals surface area contributed by atoms with E-state index >= 15 is 0 Å². The lowest BCUT2D eigenvalue weighted by Crippen LogP contribution is -2.45. The number of rotatable bonds is 3. The SMILES string of the molecule is Cn1ncc(Cl)c1CN1CCOC(CN)C1. The van der Waals surface area contributed by atoms with Crippen LogP contribution in [-0.4, -0.2) is 47.0 Å². The first-order chi connectivity index (χ1) is 7.70. The van der Waals surface area contributed by atoms with Gasteiger partial charge in [-0.1, -0.05) is 11.6 Å². The smallest absolute Gasteiger partial charge is 0.0831 e. The van der Waals surface area contributed by atoms with Gasteiger partial charge in [-0.2, -0.15) is 5.10 Å². The number of nitrogens with two attached hydrogens (primary N) is 1. The lowest BCUT2D eigenvalue weighted by molar-refractivity contribution is -0.0267. The molecular weight excluding hydrogens is 228 g/mol. The van der Waals surface area contributed by atoms with E-state index in [-0.39, 0.29) is 6.10 Å². The number of hydrogen-bond acceptors (Lipinski definition) is 4. The standard InChI is InChI=1S/C10H17ClN4O/c1-14-10(9(11)5-13-14)7-15-2-3-16-8(4-12)6-15/h5,8H,2-4,6-7,12H2,1H3. The Morgan fingerprint density at radius 1 is 1.69 bits per heavy atom. The second-order valence-electron chi connectivity index (χ2n) is 4.03. The fraction of sp³-hybridized carbons (Fsp3) is 0.700. The first kappa shape index (κ1) is 11.9. The summed E-state index contributed by atoms with van der Waals surface area (Å²) in [6.07, 6.45) is 1.82. The van der Waals surface area contributed by atoms with Gasteiger partial charge in [0, 0.05) is 33.2 Å². The number of hydrogen-bond donors (Lipinski definition) is 1. The molecular formula is C10H17ClN4O. The summed E-state index contributed by atoms with van der Waals surface area (Å²) in [5, 5.41) is 4.84. The van der Waals surface area contributed by atoms with Crippen molar-refractivity contribution in [2.75, 3.05) is 26.2 Å². The summed E-state index contributed by atoms with van der Waals surface area (Å²) in [5.74, 6) is 0. The molecule has 1 aromatic rings. The average molecular weight is 245 g/mol. The maximum absolute atomic E-state index is 6.07. The van der Waals surface area contributed by atoms with E-state index in [0.717, 1.165) is 37.0 Å². The summed E-state index contributed by atoms with van der Waals surface area (Å²) >= 11 is 6.07. The second kappa shape index (κ2) is 5.14. The number of ether oxygens (including phenoxy) is 1. The van der Waals surface area contributed by atoms with Crippen LogP contribution in [0.25, 0.3) is 0 Å². The van der Waals surface area contributed by atoms with Gasteiger partial charge < -0.3 is 10.5 Å². The van der Waals surface area contributed by atoms with Gasteiger partial charge in [0.2, 0.25) is 0 Å². The zero-order valence-electron chi connectivity index (χ0n) is 9.40. The van der Waals surface area contributed by atoms with E-state index in [0.29, 0.717) is 6.54 Å². The molecule has 0 radical (unpaired) electrons. The first-order valence-electron chi connectivity index (χ1n) is 5.41. The molecule has 1 aliphatic rings. The number of aryl methyl sites for hydroxylation is 1. The molecule has 2 rings (SSSR count). The monoisotopic (exact) mass is 244 g/mol. The summed E-state index contributed by atoms with van der Waals surface area (Å²) in [4.78, 5) is 2.30. The Labute approximate surface area is 100 Å². The van der Waals surface area contributed by atoms with Crippen molar-refractivity contribution >= 4 is 11.6 Å². The maximum atomic E-state index is 6.07. The molecule has 1 fully saturated rings. The second-order valence-corrected chi connectivity index (χ2v) is 4.43. The number of nitrogens with zero attached hydrogens (tertiary/aromatic N) is 3. The van der Waals surface area contributed by atoms with Crippen LogP contribution < -0.4 is 5.73 Å².